The molecule has 146 valence electrons. The van der Waals surface area contributed by atoms with E-state index in [9.17, 15) is 9.18 Å². The highest BCUT2D eigenvalue weighted by Gasteiger charge is 2.18. The van der Waals surface area contributed by atoms with E-state index in [0.29, 0.717) is 13.1 Å². The molecule has 1 heterocycles. The van der Waals surface area contributed by atoms with Crippen LogP contribution in [0.1, 0.15) is 22.6 Å². The first-order valence-electron chi connectivity index (χ1n) is 9.58. The van der Waals surface area contributed by atoms with Gasteiger partial charge in [-0.2, -0.15) is 0 Å². The summed E-state index contributed by atoms with van der Waals surface area (Å²) in [4.78, 5) is 15.7. The number of amides is 2. The molecule has 4 aromatic rings. The quantitative estimate of drug-likeness (QED) is 0.431. The molecule has 4 rings (SSSR count). The number of para-hydroxylation sites is 1. The van der Waals surface area contributed by atoms with Gasteiger partial charge in [-0.3, -0.25) is 0 Å². The van der Waals surface area contributed by atoms with Gasteiger partial charge < -0.3 is 15.6 Å². The summed E-state index contributed by atoms with van der Waals surface area (Å²) in [5, 5.41) is 6.95. The number of hydrogen-bond acceptors (Lipinski definition) is 1. The fourth-order valence-electron chi connectivity index (χ4n) is 3.52. The molecule has 0 saturated heterocycles. The summed E-state index contributed by atoms with van der Waals surface area (Å²) in [5.41, 5.74) is 4.20. The first-order chi connectivity index (χ1) is 14.2. The number of benzene rings is 3. The molecule has 3 aromatic carbocycles. The average molecular weight is 387 g/mol. The number of carbonyl (C=O) groups is 1. The summed E-state index contributed by atoms with van der Waals surface area (Å²) in [7, 11) is 0. The first-order valence-corrected chi connectivity index (χ1v) is 9.58. The monoisotopic (exact) mass is 387 g/mol. The number of rotatable bonds is 6. The number of nitrogens with one attached hydrogen (secondary N) is 3. The van der Waals surface area contributed by atoms with Crippen LogP contribution in [0.15, 0.2) is 85.1 Å². The molecular weight excluding hydrogens is 365 g/mol. The Morgan fingerprint density at radius 3 is 2.41 bits per heavy atom. The van der Waals surface area contributed by atoms with E-state index < -0.39 is 0 Å². The van der Waals surface area contributed by atoms with Gasteiger partial charge in [0.1, 0.15) is 5.82 Å². The fraction of sp³-hybridized carbons (Fsp3) is 0.125. The third kappa shape index (κ3) is 4.46. The minimum Gasteiger partial charge on any atom is -0.361 e. The Morgan fingerprint density at radius 2 is 1.62 bits per heavy atom. The zero-order valence-corrected chi connectivity index (χ0v) is 15.9. The molecule has 0 aliphatic heterocycles. The van der Waals surface area contributed by atoms with Crippen molar-refractivity contribution in [2.24, 2.45) is 0 Å². The predicted octanol–water partition coefficient (Wildman–Crippen LogP) is 4.94. The number of aromatic nitrogens is 1. The lowest BCUT2D eigenvalue weighted by Gasteiger charge is -2.18. The molecule has 0 fully saturated rings. The number of aromatic amines is 1. The molecule has 29 heavy (non-hydrogen) atoms. The van der Waals surface area contributed by atoms with E-state index in [1.807, 2.05) is 42.6 Å². The van der Waals surface area contributed by atoms with Gasteiger partial charge in [0, 0.05) is 36.1 Å². The van der Waals surface area contributed by atoms with Crippen LogP contribution in [-0.4, -0.2) is 17.6 Å². The van der Waals surface area contributed by atoms with Gasteiger partial charge in [0.15, 0.2) is 0 Å². The van der Waals surface area contributed by atoms with Crippen molar-refractivity contribution in [2.75, 3.05) is 6.54 Å². The maximum absolute atomic E-state index is 13.0. The minimum atomic E-state index is -0.289. The van der Waals surface area contributed by atoms with Crippen LogP contribution in [0, 0.1) is 5.82 Å². The summed E-state index contributed by atoms with van der Waals surface area (Å²) < 4.78 is 13.0. The SMILES string of the molecule is O=C(NCc1ccc(F)cc1)NCC(c1ccccc1)c1c[nH]c2ccccc12. The van der Waals surface area contributed by atoms with E-state index in [4.69, 9.17) is 0 Å². The Labute approximate surface area is 168 Å². The van der Waals surface area contributed by atoms with Crippen LogP contribution in [0.3, 0.4) is 0 Å². The van der Waals surface area contributed by atoms with Crippen molar-refractivity contribution in [1.29, 1.82) is 0 Å². The average Bonchev–Trinajstić information content (AvgIpc) is 3.18. The second-order valence-electron chi connectivity index (χ2n) is 6.94. The van der Waals surface area contributed by atoms with Crippen LogP contribution >= 0.6 is 0 Å². The van der Waals surface area contributed by atoms with Gasteiger partial charge in [-0.1, -0.05) is 60.7 Å². The van der Waals surface area contributed by atoms with E-state index in [-0.39, 0.29) is 17.8 Å². The number of carbonyl (C=O) groups excluding carboxylic acids is 1. The number of H-pyrrole nitrogens is 1. The van der Waals surface area contributed by atoms with Crippen molar-refractivity contribution in [2.45, 2.75) is 12.5 Å². The highest BCUT2D eigenvalue weighted by molar-refractivity contribution is 5.84. The lowest BCUT2D eigenvalue weighted by atomic mass is 9.91. The van der Waals surface area contributed by atoms with Gasteiger partial charge in [0.2, 0.25) is 0 Å². The molecule has 5 heteroatoms. The van der Waals surface area contributed by atoms with Crippen molar-refractivity contribution in [1.82, 2.24) is 15.6 Å². The molecule has 1 atom stereocenters. The highest BCUT2D eigenvalue weighted by atomic mass is 19.1. The van der Waals surface area contributed by atoms with Gasteiger partial charge in [0.25, 0.3) is 0 Å². The van der Waals surface area contributed by atoms with Gasteiger partial charge in [0.05, 0.1) is 0 Å². The van der Waals surface area contributed by atoms with Gasteiger partial charge in [-0.15, -0.1) is 0 Å². The summed E-state index contributed by atoms with van der Waals surface area (Å²) in [6.07, 6.45) is 2.01. The van der Waals surface area contributed by atoms with Crippen LogP contribution in [0.2, 0.25) is 0 Å². The molecule has 0 aliphatic rings. The molecular formula is C24H22FN3O. The van der Waals surface area contributed by atoms with E-state index >= 15 is 0 Å². The molecule has 3 N–H and O–H groups in total. The predicted molar refractivity (Wildman–Crippen MR) is 113 cm³/mol. The zero-order chi connectivity index (χ0) is 20.1. The molecule has 0 saturated carbocycles. The van der Waals surface area contributed by atoms with Crippen molar-refractivity contribution >= 4 is 16.9 Å². The van der Waals surface area contributed by atoms with Crippen LogP contribution in [0.25, 0.3) is 10.9 Å². The molecule has 0 bridgehead atoms. The van der Waals surface area contributed by atoms with Crippen molar-refractivity contribution in [3.05, 3.63) is 108 Å². The number of fused-ring (bicyclic) bond motifs is 1. The van der Waals surface area contributed by atoms with E-state index in [1.54, 1.807) is 12.1 Å². The normalized spacial score (nSPS) is 11.9. The lowest BCUT2D eigenvalue weighted by Crippen LogP contribution is -2.37. The molecule has 1 unspecified atom stereocenters. The van der Waals surface area contributed by atoms with E-state index in [2.05, 4.69) is 33.8 Å². The maximum atomic E-state index is 13.0. The Balaban J connectivity index is 1.47. The molecule has 2 amide bonds. The minimum absolute atomic E-state index is 0.0175. The van der Waals surface area contributed by atoms with E-state index in [0.717, 1.165) is 27.6 Å². The van der Waals surface area contributed by atoms with Crippen molar-refractivity contribution in [3.8, 4) is 0 Å². The standard InChI is InChI=1S/C24H22FN3O/c25-19-12-10-17(11-13-19)14-27-24(29)28-15-21(18-6-2-1-3-7-18)22-16-26-23-9-5-4-8-20(22)23/h1-13,16,21,26H,14-15H2,(H2,27,28,29). The Hall–Kier alpha value is -3.60. The second kappa shape index (κ2) is 8.61. The zero-order valence-electron chi connectivity index (χ0n) is 15.9. The van der Waals surface area contributed by atoms with Gasteiger partial charge in [-0.25, -0.2) is 9.18 Å². The van der Waals surface area contributed by atoms with Crippen LogP contribution in [-0.2, 0) is 6.54 Å². The Morgan fingerprint density at radius 1 is 0.897 bits per heavy atom. The van der Waals surface area contributed by atoms with Crippen molar-refractivity contribution < 1.29 is 9.18 Å². The molecule has 0 aliphatic carbocycles. The molecule has 4 nitrogen and oxygen atoms in total. The van der Waals surface area contributed by atoms with Crippen LogP contribution in [0.4, 0.5) is 9.18 Å². The molecule has 0 radical (unpaired) electrons. The number of hydrogen-bond donors (Lipinski definition) is 3. The molecule has 1 aromatic heterocycles. The van der Waals surface area contributed by atoms with Crippen molar-refractivity contribution in [3.63, 3.8) is 0 Å². The third-order valence-corrected chi connectivity index (χ3v) is 5.03. The summed E-state index contributed by atoms with van der Waals surface area (Å²) >= 11 is 0. The number of urea groups is 1. The summed E-state index contributed by atoms with van der Waals surface area (Å²) in [5.74, 6) is -0.272. The first kappa shape index (κ1) is 18.7. The maximum Gasteiger partial charge on any atom is 0.315 e. The Kier molecular flexibility index (Phi) is 5.56. The lowest BCUT2D eigenvalue weighted by molar-refractivity contribution is 0.240. The summed E-state index contributed by atoms with van der Waals surface area (Å²) in [6, 6.07) is 24.1. The van der Waals surface area contributed by atoms with Gasteiger partial charge in [-0.05, 0) is 34.9 Å². The second-order valence-corrected chi connectivity index (χ2v) is 6.94. The fourth-order valence-corrected chi connectivity index (χ4v) is 3.52. The Bertz CT molecular complexity index is 1090. The topological polar surface area (TPSA) is 56.9 Å². The smallest absolute Gasteiger partial charge is 0.315 e. The van der Waals surface area contributed by atoms with Crippen LogP contribution in [0.5, 0.6) is 0 Å². The number of halogens is 1. The molecule has 0 spiro atoms. The third-order valence-electron chi connectivity index (χ3n) is 5.03. The summed E-state index contributed by atoms with van der Waals surface area (Å²) in [6.45, 7) is 0.802. The van der Waals surface area contributed by atoms with Gasteiger partial charge >= 0.3 is 6.03 Å². The van der Waals surface area contributed by atoms with E-state index in [1.165, 1.54) is 12.1 Å². The largest absolute Gasteiger partial charge is 0.361 e. The van der Waals surface area contributed by atoms with Crippen LogP contribution < -0.4 is 10.6 Å². The highest BCUT2D eigenvalue weighted by Crippen LogP contribution is 2.30.